The highest BCUT2D eigenvalue weighted by molar-refractivity contribution is 5.83. The third-order valence-corrected chi connectivity index (χ3v) is 5.10. The van der Waals surface area contributed by atoms with E-state index in [4.69, 9.17) is 0 Å². The highest BCUT2D eigenvalue weighted by Crippen LogP contribution is 2.47. The van der Waals surface area contributed by atoms with Crippen molar-refractivity contribution in [1.29, 1.82) is 0 Å². The molecule has 1 aliphatic rings. The van der Waals surface area contributed by atoms with Crippen LogP contribution in [0.5, 0.6) is 0 Å². The highest BCUT2D eigenvalue weighted by Gasteiger charge is 2.42. The number of H-pyrrole nitrogens is 1. The number of hydrogen-bond acceptors (Lipinski definition) is 2. The predicted octanol–water partition coefficient (Wildman–Crippen LogP) is 3.41. The van der Waals surface area contributed by atoms with E-state index >= 15 is 0 Å². The maximum atomic E-state index is 13.0. The molecule has 1 heterocycles. The highest BCUT2D eigenvalue weighted by atomic mass is 19.1. The van der Waals surface area contributed by atoms with Gasteiger partial charge in [-0.1, -0.05) is 12.1 Å². The first-order valence-electron chi connectivity index (χ1n) is 8.44. The number of hydrogen-bond donors (Lipinski definition) is 2. The minimum Gasteiger partial charge on any atom is -0.355 e. The molecule has 1 aromatic heterocycles. The van der Waals surface area contributed by atoms with E-state index in [1.807, 2.05) is 32.9 Å². The summed E-state index contributed by atoms with van der Waals surface area (Å²) in [6.45, 7) is 6.44. The Balaban J connectivity index is 1.58. The Morgan fingerprint density at radius 3 is 2.54 bits per heavy atom. The van der Waals surface area contributed by atoms with Crippen LogP contribution in [-0.2, 0) is 11.2 Å². The number of carbonyl (C=O) groups is 1. The maximum Gasteiger partial charge on any atom is 0.227 e. The summed E-state index contributed by atoms with van der Waals surface area (Å²) in [6.07, 6.45) is 3.08. The van der Waals surface area contributed by atoms with Crippen LogP contribution in [0.4, 0.5) is 4.39 Å². The lowest BCUT2D eigenvalue weighted by molar-refractivity contribution is -0.122. The van der Waals surface area contributed by atoms with Crippen molar-refractivity contribution in [3.05, 3.63) is 52.6 Å². The second-order valence-electron chi connectivity index (χ2n) is 7.09. The molecule has 0 unspecified atom stereocenters. The molecule has 1 amide bonds. The van der Waals surface area contributed by atoms with Crippen molar-refractivity contribution in [2.24, 2.45) is 5.41 Å². The summed E-state index contributed by atoms with van der Waals surface area (Å²) in [4.78, 5) is 12.5. The standard InChI is InChI=1S/C19H24FN3O/c1-12(17-13(2)22-23-14(17)3)18(24)21-11-19(8-9-19)10-15-4-6-16(20)7-5-15/h4-7,12H,8-11H2,1-3H3,(H,21,24)(H,22,23)/t12-/m1/s1. The fourth-order valence-corrected chi connectivity index (χ4v) is 3.38. The molecule has 0 saturated heterocycles. The number of amides is 1. The summed E-state index contributed by atoms with van der Waals surface area (Å²) in [5.41, 5.74) is 4.06. The van der Waals surface area contributed by atoms with Gasteiger partial charge in [-0.25, -0.2) is 4.39 Å². The summed E-state index contributed by atoms with van der Waals surface area (Å²) in [5, 5.41) is 10.2. The minimum atomic E-state index is -0.217. The lowest BCUT2D eigenvalue weighted by Gasteiger charge is -2.19. The summed E-state index contributed by atoms with van der Waals surface area (Å²) < 4.78 is 13.0. The van der Waals surface area contributed by atoms with Gasteiger partial charge in [0.05, 0.1) is 11.6 Å². The Hall–Kier alpha value is -2.17. The predicted molar refractivity (Wildman–Crippen MR) is 91.3 cm³/mol. The lowest BCUT2D eigenvalue weighted by Crippen LogP contribution is -2.34. The quantitative estimate of drug-likeness (QED) is 0.853. The van der Waals surface area contributed by atoms with Crippen LogP contribution in [0, 0.1) is 25.1 Å². The van der Waals surface area contributed by atoms with Gasteiger partial charge in [-0.2, -0.15) is 5.10 Å². The number of halogens is 1. The van der Waals surface area contributed by atoms with E-state index in [9.17, 15) is 9.18 Å². The molecule has 0 spiro atoms. The molecule has 128 valence electrons. The summed E-state index contributed by atoms with van der Waals surface area (Å²) in [7, 11) is 0. The molecule has 2 N–H and O–H groups in total. The largest absolute Gasteiger partial charge is 0.355 e. The van der Waals surface area contributed by atoms with Crippen molar-refractivity contribution in [3.63, 3.8) is 0 Å². The van der Waals surface area contributed by atoms with Gasteiger partial charge in [0, 0.05) is 17.8 Å². The molecule has 1 aliphatic carbocycles. The second-order valence-corrected chi connectivity index (χ2v) is 7.09. The van der Waals surface area contributed by atoms with Gasteiger partial charge in [0.2, 0.25) is 5.91 Å². The van der Waals surface area contributed by atoms with Crippen LogP contribution in [0.2, 0.25) is 0 Å². The monoisotopic (exact) mass is 329 g/mol. The number of aromatic nitrogens is 2. The van der Waals surface area contributed by atoms with Crippen molar-refractivity contribution in [2.75, 3.05) is 6.54 Å². The van der Waals surface area contributed by atoms with E-state index in [2.05, 4.69) is 15.5 Å². The zero-order chi connectivity index (χ0) is 17.3. The zero-order valence-electron chi connectivity index (χ0n) is 14.4. The summed E-state index contributed by atoms with van der Waals surface area (Å²) in [6, 6.07) is 6.66. The van der Waals surface area contributed by atoms with Gasteiger partial charge >= 0.3 is 0 Å². The minimum absolute atomic E-state index is 0.0352. The van der Waals surface area contributed by atoms with Crippen molar-refractivity contribution in [2.45, 2.75) is 46.0 Å². The number of aryl methyl sites for hydroxylation is 2. The van der Waals surface area contributed by atoms with Crippen LogP contribution in [0.3, 0.4) is 0 Å². The molecule has 1 fully saturated rings. The lowest BCUT2D eigenvalue weighted by atomic mass is 9.95. The van der Waals surface area contributed by atoms with Gasteiger partial charge in [0.1, 0.15) is 5.82 Å². The fourth-order valence-electron chi connectivity index (χ4n) is 3.38. The molecular weight excluding hydrogens is 305 g/mol. The van der Waals surface area contributed by atoms with Crippen molar-refractivity contribution in [3.8, 4) is 0 Å². The molecule has 24 heavy (non-hydrogen) atoms. The number of benzene rings is 1. The Morgan fingerprint density at radius 1 is 1.33 bits per heavy atom. The first-order valence-corrected chi connectivity index (χ1v) is 8.44. The average molecular weight is 329 g/mol. The molecule has 0 bridgehead atoms. The van der Waals surface area contributed by atoms with Gasteiger partial charge in [0.25, 0.3) is 0 Å². The number of carbonyl (C=O) groups excluding carboxylic acids is 1. The summed E-state index contributed by atoms with van der Waals surface area (Å²) in [5.74, 6) is -0.394. The molecule has 3 rings (SSSR count). The molecule has 1 saturated carbocycles. The van der Waals surface area contributed by atoms with Crippen LogP contribution >= 0.6 is 0 Å². The van der Waals surface area contributed by atoms with Gasteiger partial charge < -0.3 is 5.32 Å². The summed E-state index contributed by atoms with van der Waals surface area (Å²) >= 11 is 0. The normalized spacial score (nSPS) is 16.7. The third kappa shape index (κ3) is 3.50. The SMILES string of the molecule is Cc1n[nH]c(C)c1[C@@H](C)C(=O)NCC1(Cc2ccc(F)cc2)CC1. The fraction of sp³-hybridized carbons (Fsp3) is 0.474. The Morgan fingerprint density at radius 2 is 2.00 bits per heavy atom. The maximum absolute atomic E-state index is 13.0. The van der Waals surface area contributed by atoms with E-state index < -0.39 is 0 Å². The van der Waals surface area contributed by atoms with Gasteiger partial charge in [-0.05, 0) is 63.1 Å². The molecule has 1 aromatic carbocycles. The van der Waals surface area contributed by atoms with Crippen molar-refractivity contribution in [1.82, 2.24) is 15.5 Å². The molecule has 5 heteroatoms. The van der Waals surface area contributed by atoms with Crippen molar-refractivity contribution >= 4 is 5.91 Å². The number of nitrogens with zero attached hydrogens (tertiary/aromatic N) is 1. The third-order valence-electron chi connectivity index (χ3n) is 5.10. The topological polar surface area (TPSA) is 57.8 Å². The Labute approximate surface area is 141 Å². The zero-order valence-corrected chi connectivity index (χ0v) is 14.4. The van der Waals surface area contributed by atoms with Gasteiger partial charge in [-0.3, -0.25) is 9.89 Å². The molecule has 0 aliphatic heterocycles. The first-order chi connectivity index (χ1) is 11.4. The van der Waals surface area contributed by atoms with Crippen LogP contribution in [0.15, 0.2) is 24.3 Å². The number of aromatic amines is 1. The smallest absolute Gasteiger partial charge is 0.227 e. The molecule has 4 nitrogen and oxygen atoms in total. The van der Waals surface area contributed by atoms with Crippen LogP contribution in [0.25, 0.3) is 0 Å². The number of nitrogens with one attached hydrogen (secondary N) is 2. The first kappa shape index (κ1) is 16.7. The van der Waals surface area contributed by atoms with E-state index in [0.29, 0.717) is 6.54 Å². The van der Waals surface area contributed by atoms with Crippen molar-refractivity contribution < 1.29 is 9.18 Å². The number of rotatable bonds is 6. The molecule has 2 aromatic rings. The Bertz CT molecular complexity index is 712. The van der Waals surface area contributed by atoms with Crippen LogP contribution < -0.4 is 5.32 Å². The van der Waals surface area contributed by atoms with Gasteiger partial charge in [0.15, 0.2) is 0 Å². The van der Waals surface area contributed by atoms with E-state index in [0.717, 1.165) is 41.8 Å². The van der Waals surface area contributed by atoms with E-state index in [1.54, 1.807) is 0 Å². The average Bonchev–Trinajstić information content (AvgIpc) is 3.24. The van der Waals surface area contributed by atoms with Gasteiger partial charge in [-0.15, -0.1) is 0 Å². The van der Waals surface area contributed by atoms with Crippen LogP contribution in [0.1, 0.15) is 48.2 Å². The molecular formula is C19H24FN3O. The van der Waals surface area contributed by atoms with Crippen LogP contribution in [-0.4, -0.2) is 22.6 Å². The molecule has 1 atom stereocenters. The molecule has 0 radical (unpaired) electrons. The van der Waals surface area contributed by atoms with E-state index in [-0.39, 0.29) is 23.1 Å². The van der Waals surface area contributed by atoms with E-state index in [1.165, 1.54) is 12.1 Å². The second kappa shape index (κ2) is 6.38. The Kier molecular flexibility index (Phi) is 4.43.